The first-order chi connectivity index (χ1) is 16.5. The fourth-order valence-corrected chi connectivity index (χ4v) is 4.70. The molecule has 0 spiro atoms. The Bertz CT molecular complexity index is 1280. The molecular formula is C30H31NO4. The summed E-state index contributed by atoms with van der Waals surface area (Å²) in [5.74, 6) is 1.82. The number of phenolic OH excluding ortho intramolecular Hbond substituents is 3. The van der Waals surface area contributed by atoms with Crippen LogP contribution in [0.5, 0.6) is 28.7 Å². The van der Waals surface area contributed by atoms with Crippen molar-refractivity contribution in [3.8, 4) is 28.7 Å². The Labute approximate surface area is 206 Å². The van der Waals surface area contributed by atoms with Crippen LogP contribution < -0.4 is 9.64 Å². The second kappa shape index (κ2) is 9.26. The van der Waals surface area contributed by atoms with Gasteiger partial charge in [0.15, 0.2) is 0 Å². The average molecular weight is 470 g/mol. The molecule has 0 aromatic heterocycles. The molecule has 4 rings (SSSR count). The summed E-state index contributed by atoms with van der Waals surface area (Å²) in [7, 11) is 0. The van der Waals surface area contributed by atoms with Crippen LogP contribution in [-0.2, 0) is 0 Å². The first kappa shape index (κ1) is 24.0. The van der Waals surface area contributed by atoms with Crippen LogP contribution in [0.25, 0.3) is 0 Å². The van der Waals surface area contributed by atoms with E-state index in [4.69, 9.17) is 4.74 Å². The van der Waals surface area contributed by atoms with Gasteiger partial charge in [-0.05, 0) is 123 Å². The van der Waals surface area contributed by atoms with Gasteiger partial charge in [0.1, 0.15) is 28.7 Å². The number of hydrogen-bond donors (Lipinski definition) is 3. The zero-order valence-corrected chi connectivity index (χ0v) is 21.0. The predicted octanol–water partition coefficient (Wildman–Crippen LogP) is 7.92. The van der Waals surface area contributed by atoms with Crippen LogP contribution in [0, 0.1) is 41.5 Å². The van der Waals surface area contributed by atoms with E-state index in [-0.39, 0.29) is 17.2 Å². The molecule has 5 heteroatoms. The van der Waals surface area contributed by atoms with Gasteiger partial charge in [0.25, 0.3) is 0 Å². The van der Waals surface area contributed by atoms with Crippen LogP contribution in [0.1, 0.15) is 33.4 Å². The lowest BCUT2D eigenvalue weighted by atomic mass is 10.0. The topological polar surface area (TPSA) is 73.2 Å². The van der Waals surface area contributed by atoms with E-state index in [0.717, 1.165) is 39.1 Å². The zero-order chi connectivity index (χ0) is 25.4. The van der Waals surface area contributed by atoms with Crippen LogP contribution in [0.3, 0.4) is 0 Å². The van der Waals surface area contributed by atoms with E-state index >= 15 is 0 Å². The SMILES string of the molecule is Cc1cc(C)c(N(c2ccc(Oc3c(C)cc(O)cc3C)cc2)c2c(C)cc(C)cc2O)c(O)c1. The molecule has 0 unspecified atom stereocenters. The minimum Gasteiger partial charge on any atom is -0.508 e. The largest absolute Gasteiger partial charge is 0.508 e. The maximum Gasteiger partial charge on any atom is 0.140 e. The predicted molar refractivity (Wildman–Crippen MR) is 141 cm³/mol. The standard InChI is InChI=1S/C30H31NO4/c1-17-11-19(3)28(26(33)13-17)31(29-20(4)12-18(2)14-27(29)34)23-7-9-25(10-8-23)35-30-21(5)15-24(32)16-22(30)6/h7-16,32-34H,1-6H3. The van der Waals surface area contributed by atoms with Crippen LogP contribution in [0.4, 0.5) is 17.1 Å². The highest BCUT2D eigenvalue weighted by Gasteiger charge is 2.23. The lowest BCUT2D eigenvalue weighted by Crippen LogP contribution is -2.13. The summed E-state index contributed by atoms with van der Waals surface area (Å²) in [6.07, 6.45) is 0. The summed E-state index contributed by atoms with van der Waals surface area (Å²) in [5.41, 5.74) is 7.35. The molecule has 0 aliphatic rings. The van der Waals surface area contributed by atoms with Crippen LogP contribution in [0.15, 0.2) is 60.7 Å². The maximum atomic E-state index is 11.0. The lowest BCUT2D eigenvalue weighted by molar-refractivity contribution is 0.458. The van der Waals surface area contributed by atoms with Crippen LogP contribution >= 0.6 is 0 Å². The number of aryl methyl sites for hydroxylation is 6. The third kappa shape index (κ3) is 4.76. The quantitative estimate of drug-likeness (QED) is 0.277. The van der Waals surface area contributed by atoms with Crippen LogP contribution in [0.2, 0.25) is 0 Å². The first-order valence-corrected chi connectivity index (χ1v) is 11.5. The van der Waals surface area contributed by atoms with E-state index in [1.54, 1.807) is 24.3 Å². The molecule has 0 fully saturated rings. The number of ether oxygens (including phenoxy) is 1. The van der Waals surface area contributed by atoms with Crippen molar-refractivity contribution < 1.29 is 20.1 Å². The molecule has 4 aromatic carbocycles. The molecule has 0 aliphatic heterocycles. The number of anilines is 3. The van der Waals surface area contributed by atoms with E-state index in [1.807, 2.05) is 82.8 Å². The van der Waals surface area contributed by atoms with Crippen molar-refractivity contribution >= 4 is 17.1 Å². The van der Waals surface area contributed by atoms with Gasteiger partial charge in [0.05, 0.1) is 11.4 Å². The van der Waals surface area contributed by atoms with Crippen molar-refractivity contribution in [2.24, 2.45) is 0 Å². The summed E-state index contributed by atoms with van der Waals surface area (Å²) in [4.78, 5) is 1.88. The molecule has 0 radical (unpaired) electrons. The van der Waals surface area contributed by atoms with Gasteiger partial charge in [0, 0.05) is 5.69 Å². The number of hydrogen-bond acceptors (Lipinski definition) is 5. The molecule has 0 saturated heterocycles. The molecule has 3 N–H and O–H groups in total. The third-order valence-corrected chi connectivity index (χ3v) is 6.06. The summed E-state index contributed by atoms with van der Waals surface area (Å²) in [5, 5.41) is 31.8. The van der Waals surface area contributed by atoms with Gasteiger partial charge in [-0.15, -0.1) is 0 Å². The highest BCUT2D eigenvalue weighted by Crippen LogP contribution is 2.47. The fraction of sp³-hybridized carbons (Fsp3) is 0.200. The number of phenols is 3. The molecule has 180 valence electrons. The number of aromatic hydroxyl groups is 3. The molecule has 5 nitrogen and oxygen atoms in total. The van der Waals surface area contributed by atoms with E-state index < -0.39 is 0 Å². The van der Waals surface area contributed by atoms with Gasteiger partial charge >= 0.3 is 0 Å². The average Bonchev–Trinajstić information content (AvgIpc) is 2.74. The Hall–Kier alpha value is -4.12. The zero-order valence-electron chi connectivity index (χ0n) is 21.0. The Balaban J connectivity index is 1.83. The van der Waals surface area contributed by atoms with Gasteiger partial charge in [-0.1, -0.05) is 12.1 Å². The van der Waals surface area contributed by atoms with Gasteiger partial charge in [-0.2, -0.15) is 0 Å². The molecule has 0 aliphatic carbocycles. The van der Waals surface area contributed by atoms with Crippen molar-refractivity contribution in [2.75, 3.05) is 4.90 Å². The molecular weight excluding hydrogens is 438 g/mol. The summed E-state index contributed by atoms with van der Waals surface area (Å²) in [6, 6.07) is 18.3. The third-order valence-electron chi connectivity index (χ3n) is 6.06. The van der Waals surface area contributed by atoms with E-state index in [1.165, 1.54) is 0 Å². The second-order valence-electron chi connectivity index (χ2n) is 9.24. The Morgan fingerprint density at radius 3 is 1.46 bits per heavy atom. The number of rotatable bonds is 5. The highest BCUT2D eigenvalue weighted by molar-refractivity contribution is 5.86. The van der Waals surface area contributed by atoms with Gasteiger partial charge in [0.2, 0.25) is 0 Å². The minimum absolute atomic E-state index is 0.137. The first-order valence-electron chi connectivity index (χ1n) is 11.5. The second-order valence-corrected chi connectivity index (χ2v) is 9.24. The van der Waals surface area contributed by atoms with Gasteiger partial charge in [-0.3, -0.25) is 0 Å². The van der Waals surface area contributed by atoms with Gasteiger partial charge in [-0.25, -0.2) is 0 Å². The van der Waals surface area contributed by atoms with Crippen molar-refractivity contribution in [2.45, 2.75) is 41.5 Å². The number of benzene rings is 4. The Morgan fingerprint density at radius 2 is 1.03 bits per heavy atom. The lowest BCUT2D eigenvalue weighted by Gasteiger charge is -2.30. The fourth-order valence-electron chi connectivity index (χ4n) is 4.70. The van der Waals surface area contributed by atoms with Crippen molar-refractivity contribution in [3.05, 3.63) is 94.0 Å². The molecule has 0 heterocycles. The molecule has 0 bridgehead atoms. The maximum absolute atomic E-state index is 11.0. The monoisotopic (exact) mass is 469 g/mol. The normalized spacial score (nSPS) is 10.9. The van der Waals surface area contributed by atoms with Gasteiger partial charge < -0.3 is 25.0 Å². The molecule has 35 heavy (non-hydrogen) atoms. The molecule has 0 amide bonds. The molecule has 4 aromatic rings. The van der Waals surface area contributed by atoms with Crippen LogP contribution in [-0.4, -0.2) is 15.3 Å². The Kier molecular flexibility index (Phi) is 6.35. The van der Waals surface area contributed by atoms with Crippen molar-refractivity contribution in [1.82, 2.24) is 0 Å². The molecule has 0 atom stereocenters. The van der Waals surface area contributed by atoms with E-state index in [2.05, 4.69) is 0 Å². The highest BCUT2D eigenvalue weighted by atomic mass is 16.5. The summed E-state index contributed by atoms with van der Waals surface area (Å²) in [6.45, 7) is 11.6. The molecule has 0 saturated carbocycles. The van der Waals surface area contributed by atoms with Crippen molar-refractivity contribution in [3.63, 3.8) is 0 Å². The number of nitrogens with zero attached hydrogens (tertiary/aromatic N) is 1. The summed E-state index contributed by atoms with van der Waals surface area (Å²) < 4.78 is 6.14. The Morgan fingerprint density at radius 1 is 0.571 bits per heavy atom. The van der Waals surface area contributed by atoms with E-state index in [9.17, 15) is 15.3 Å². The van der Waals surface area contributed by atoms with Crippen molar-refractivity contribution in [1.29, 1.82) is 0 Å². The smallest absolute Gasteiger partial charge is 0.140 e. The van der Waals surface area contributed by atoms with E-state index in [0.29, 0.717) is 22.9 Å². The summed E-state index contributed by atoms with van der Waals surface area (Å²) >= 11 is 0. The minimum atomic E-state index is 0.137.